The first kappa shape index (κ1) is 21.8. The quantitative estimate of drug-likeness (QED) is 0.442. The minimum absolute atomic E-state index is 0. The first-order valence-corrected chi connectivity index (χ1v) is 9.98. The summed E-state index contributed by atoms with van der Waals surface area (Å²) in [6.07, 6.45) is 3.69. The van der Waals surface area contributed by atoms with E-state index in [1.165, 1.54) is 23.0 Å². The van der Waals surface area contributed by atoms with Crippen LogP contribution >= 0.6 is 11.3 Å². The van der Waals surface area contributed by atoms with E-state index in [2.05, 4.69) is 4.98 Å². The van der Waals surface area contributed by atoms with Gasteiger partial charge >= 0.3 is 24.6 Å². The van der Waals surface area contributed by atoms with Gasteiger partial charge in [0.1, 0.15) is 4.83 Å². The van der Waals surface area contributed by atoms with Gasteiger partial charge in [-0.1, -0.05) is 19.9 Å². The molecule has 1 N–H and O–H groups in total. The van der Waals surface area contributed by atoms with Crippen LogP contribution in [-0.4, -0.2) is 22.9 Å². The van der Waals surface area contributed by atoms with Crippen LogP contribution in [0, 0.1) is 5.92 Å². The van der Waals surface area contributed by atoms with Crippen molar-refractivity contribution in [2.45, 2.75) is 31.7 Å². The fourth-order valence-corrected chi connectivity index (χ4v) is 5.12. The van der Waals surface area contributed by atoms with Crippen LogP contribution in [-0.2, 0) is 31.1 Å². The number of fused-ring (bicyclic) bond motifs is 1. The predicted molar refractivity (Wildman–Crippen MR) is 103 cm³/mol. The third kappa shape index (κ3) is 4.17. The second kappa shape index (κ2) is 8.67. The SMILES string of the molecule is CC(C)Cn1c(=O)n(C)c(=O)c2c(S(=O)O)c(Cc3cccnc3)sc21.[H-].[Li+]. The third-order valence-corrected chi connectivity index (χ3v) is 6.15. The predicted octanol–water partition coefficient (Wildman–Crippen LogP) is -0.899. The average molecular weight is 401 g/mol. The summed E-state index contributed by atoms with van der Waals surface area (Å²) in [5.41, 5.74) is -0.0999. The molecule has 3 aromatic rings. The number of nitrogens with zero attached hydrogens (tertiary/aromatic N) is 3. The molecule has 3 rings (SSSR count). The van der Waals surface area contributed by atoms with E-state index in [1.54, 1.807) is 18.5 Å². The first-order valence-electron chi connectivity index (χ1n) is 8.06. The largest absolute Gasteiger partial charge is 1.00 e. The third-order valence-electron chi connectivity index (χ3n) is 4.01. The molecule has 7 nitrogen and oxygen atoms in total. The van der Waals surface area contributed by atoms with Crippen LogP contribution in [0.3, 0.4) is 0 Å². The Hall–Kier alpha value is -1.50. The standard InChI is InChI=1S/C17H19N3O4S2.Li.H/c1-10(2)9-20-16-13(15(21)19(3)17(20)22)14(26(23)24)12(25-16)7-11-5-4-6-18-8-11;;/h4-6,8,10H,7,9H2,1-3H3,(H,23,24);;/q;+1;-1. The van der Waals surface area contributed by atoms with Gasteiger partial charge in [-0.05, 0) is 17.5 Å². The Kier molecular flexibility index (Phi) is 7.00. The van der Waals surface area contributed by atoms with Gasteiger partial charge in [-0.15, -0.1) is 11.3 Å². The van der Waals surface area contributed by atoms with Crippen LogP contribution in [0.2, 0.25) is 0 Å². The van der Waals surface area contributed by atoms with Gasteiger partial charge < -0.3 is 5.98 Å². The molecule has 0 aliphatic rings. The molecule has 0 bridgehead atoms. The summed E-state index contributed by atoms with van der Waals surface area (Å²) in [4.78, 5) is 30.4. The van der Waals surface area contributed by atoms with Crippen LogP contribution in [0.4, 0.5) is 0 Å². The molecule has 3 aromatic heterocycles. The molecule has 1 atom stereocenters. The second-order valence-corrected chi connectivity index (χ2v) is 8.46. The van der Waals surface area contributed by atoms with E-state index in [9.17, 15) is 18.4 Å². The Balaban J connectivity index is 0.00000196. The van der Waals surface area contributed by atoms with Gasteiger partial charge in [0.05, 0.1) is 10.3 Å². The molecular weight excluding hydrogens is 381 g/mol. The van der Waals surface area contributed by atoms with Gasteiger partial charge in [0.15, 0.2) is 11.1 Å². The van der Waals surface area contributed by atoms with E-state index in [0.29, 0.717) is 22.7 Å². The minimum atomic E-state index is -2.34. The summed E-state index contributed by atoms with van der Waals surface area (Å²) in [7, 11) is 1.39. The van der Waals surface area contributed by atoms with Gasteiger partial charge in [-0.25, -0.2) is 9.00 Å². The zero-order valence-electron chi connectivity index (χ0n) is 16.6. The van der Waals surface area contributed by atoms with E-state index in [4.69, 9.17) is 0 Å². The normalized spacial score (nSPS) is 12.3. The topological polar surface area (TPSA) is 94.2 Å². The molecule has 27 heavy (non-hydrogen) atoms. The van der Waals surface area contributed by atoms with E-state index in [-0.39, 0.29) is 36.5 Å². The van der Waals surface area contributed by atoms with E-state index in [0.717, 1.165) is 10.1 Å². The van der Waals surface area contributed by atoms with Gasteiger partial charge in [-0.2, -0.15) is 0 Å². The van der Waals surface area contributed by atoms with Crippen molar-refractivity contribution < 1.29 is 29.0 Å². The molecule has 0 radical (unpaired) electrons. The van der Waals surface area contributed by atoms with Gasteiger partial charge in [0.25, 0.3) is 5.56 Å². The molecule has 0 fully saturated rings. The summed E-state index contributed by atoms with van der Waals surface area (Å²) in [5.74, 6) is 0.181. The summed E-state index contributed by atoms with van der Waals surface area (Å²) in [6.45, 7) is 4.37. The molecule has 0 saturated heterocycles. The zero-order chi connectivity index (χ0) is 19.0. The maximum Gasteiger partial charge on any atom is 1.00 e. The second-order valence-electron chi connectivity index (χ2n) is 6.47. The summed E-state index contributed by atoms with van der Waals surface area (Å²) < 4.78 is 24.4. The van der Waals surface area contributed by atoms with E-state index in [1.807, 2.05) is 19.9 Å². The molecule has 0 amide bonds. The number of pyridine rings is 1. The van der Waals surface area contributed by atoms with Crippen molar-refractivity contribution in [1.82, 2.24) is 14.1 Å². The fourth-order valence-electron chi connectivity index (χ4n) is 2.87. The van der Waals surface area contributed by atoms with E-state index >= 15 is 0 Å². The van der Waals surface area contributed by atoms with Crippen LogP contribution in [0.15, 0.2) is 39.0 Å². The molecule has 3 heterocycles. The van der Waals surface area contributed by atoms with Crippen LogP contribution < -0.4 is 30.1 Å². The number of rotatable bonds is 5. The number of thiophene rings is 1. The fraction of sp³-hybridized carbons (Fsp3) is 0.353. The number of hydrogen-bond acceptors (Lipinski definition) is 5. The van der Waals surface area contributed by atoms with Gasteiger partial charge in [-0.3, -0.25) is 18.9 Å². The summed E-state index contributed by atoms with van der Waals surface area (Å²) in [5, 5.41) is 0.150. The van der Waals surface area contributed by atoms with Crippen molar-refractivity contribution in [3.63, 3.8) is 0 Å². The molecule has 0 saturated carbocycles. The Morgan fingerprint density at radius 1 is 1.37 bits per heavy atom. The molecule has 10 heteroatoms. The van der Waals surface area contributed by atoms with Crippen molar-refractivity contribution >= 4 is 32.6 Å². The van der Waals surface area contributed by atoms with Crippen LogP contribution in [0.25, 0.3) is 10.2 Å². The van der Waals surface area contributed by atoms with Gasteiger partial charge in [0.2, 0.25) is 0 Å². The number of hydrogen-bond donors (Lipinski definition) is 1. The first-order chi connectivity index (χ1) is 12.3. The van der Waals surface area contributed by atoms with Crippen molar-refractivity contribution in [2.24, 2.45) is 13.0 Å². The molecule has 0 aromatic carbocycles. The summed E-state index contributed by atoms with van der Waals surface area (Å²) in [6, 6.07) is 3.65. The van der Waals surface area contributed by atoms with Crippen LogP contribution in [0.1, 0.15) is 25.7 Å². The zero-order valence-corrected chi connectivity index (χ0v) is 17.3. The van der Waals surface area contributed by atoms with Gasteiger partial charge in [0, 0.05) is 37.3 Å². The van der Waals surface area contributed by atoms with Crippen LogP contribution in [0.5, 0.6) is 0 Å². The Morgan fingerprint density at radius 2 is 2.07 bits per heavy atom. The van der Waals surface area contributed by atoms with Crippen molar-refractivity contribution in [2.75, 3.05) is 0 Å². The Bertz CT molecular complexity index is 1110. The number of aromatic nitrogens is 3. The molecule has 140 valence electrons. The monoisotopic (exact) mass is 401 g/mol. The molecular formula is C17H20LiN3O4S2. The van der Waals surface area contributed by atoms with Crippen molar-refractivity contribution in [3.05, 3.63) is 55.8 Å². The molecule has 0 aliphatic heterocycles. The van der Waals surface area contributed by atoms with Crippen molar-refractivity contribution in [3.8, 4) is 0 Å². The molecule has 1 unspecified atom stereocenters. The molecule has 0 spiro atoms. The maximum atomic E-state index is 12.7. The smallest absolute Gasteiger partial charge is 1.00 e. The average Bonchev–Trinajstić information content (AvgIpc) is 2.96. The molecule has 0 aliphatic carbocycles. The minimum Gasteiger partial charge on any atom is -1.00 e. The van der Waals surface area contributed by atoms with Crippen molar-refractivity contribution in [1.29, 1.82) is 0 Å². The van der Waals surface area contributed by atoms with E-state index < -0.39 is 22.3 Å². The maximum absolute atomic E-state index is 12.7. The Labute approximate surface area is 176 Å². The summed E-state index contributed by atoms with van der Waals surface area (Å²) >= 11 is -1.12. The Morgan fingerprint density at radius 3 is 2.63 bits per heavy atom.